The molecule has 1 heterocycles. The normalized spacial score (nSPS) is 25.4. The van der Waals surface area contributed by atoms with Crippen LogP contribution in [0.1, 0.15) is 0 Å². The Bertz CT molecular complexity index is 288. The number of ether oxygens (including phenoxy) is 4. The van der Waals surface area contributed by atoms with Crippen LogP contribution < -0.4 is 4.74 Å². The van der Waals surface area contributed by atoms with Crippen molar-refractivity contribution in [2.45, 2.75) is 12.6 Å². The monoisotopic (exact) mass is 210 g/mol. The molecule has 0 spiro atoms. The lowest BCUT2D eigenvalue weighted by Gasteiger charge is -2.11. The summed E-state index contributed by atoms with van der Waals surface area (Å²) in [6.45, 7) is 0.434. The van der Waals surface area contributed by atoms with Gasteiger partial charge in [0.15, 0.2) is 0 Å². The molecular weight excluding hydrogens is 196 g/mol. The van der Waals surface area contributed by atoms with Gasteiger partial charge in [-0.15, -0.1) is 0 Å². The van der Waals surface area contributed by atoms with Crippen molar-refractivity contribution < 1.29 is 18.9 Å². The molecule has 0 radical (unpaired) electrons. The van der Waals surface area contributed by atoms with Crippen molar-refractivity contribution in [3.63, 3.8) is 0 Å². The minimum Gasteiger partial charge on any atom is -0.491 e. The molecule has 0 saturated carbocycles. The second-order valence-electron chi connectivity index (χ2n) is 3.24. The number of para-hydroxylation sites is 1. The Labute approximate surface area is 88.7 Å². The minimum absolute atomic E-state index is 0.0600. The highest BCUT2D eigenvalue weighted by atomic mass is 16.9. The van der Waals surface area contributed by atoms with Crippen LogP contribution in [0.5, 0.6) is 5.75 Å². The second-order valence-corrected chi connectivity index (χ2v) is 3.24. The molecule has 1 aromatic rings. The van der Waals surface area contributed by atoms with E-state index in [4.69, 9.17) is 18.9 Å². The predicted molar refractivity (Wildman–Crippen MR) is 53.6 cm³/mol. The first-order valence-corrected chi connectivity index (χ1v) is 4.86. The summed E-state index contributed by atoms with van der Waals surface area (Å²) in [6.07, 6.45) is -0.0600. The van der Waals surface area contributed by atoms with Gasteiger partial charge in [-0.05, 0) is 12.1 Å². The molecule has 1 aliphatic rings. The molecule has 82 valence electrons. The van der Waals surface area contributed by atoms with E-state index < -0.39 is 6.48 Å². The first-order chi connectivity index (χ1) is 7.38. The molecule has 2 rings (SSSR count). The third-order valence-electron chi connectivity index (χ3n) is 2.09. The molecule has 0 aromatic heterocycles. The molecule has 0 N–H and O–H groups in total. The lowest BCUT2D eigenvalue weighted by molar-refractivity contribution is -0.224. The first-order valence-electron chi connectivity index (χ1n) is 4.86. The van der Waals surface area contributed by atoms with Gasteiger partial charge in [0.05, 0.1) is 6.61 Å². The number of hydrogen-bond donors (Lipinski definition) is 0. The summed E-state index contributed by atoms with van der Waals surface area (Å²) in [5.74, 6) is 0.835. The fourth-order valence-corrected chi connectivity index (χ4v) is 1.34. The zero-order valence-electron chi connectivity index (χ0n) is 8.59. The van der Waals surface area contributed by atoms with Crippen molar-refractivity contribution in [1.82, 2.24) is 0 Å². The van der Waals surface area contributed by atoms with E-state index in [1.54, 1.807) is 7.11 Å². The zero-order valence-corrected chi connectivity index (χ0v) is 8.59. The Morgan fingerprint density at radius 2 is 2.13 bits per heavy atom. The Hall–Kier alpha value is -1.10. The van der Waals surface area contributed by atoms with Gasteiger partial charge >= 0.3 is 0 Å². The van der Waals surface area contributed by atoms with E-state index in [9.17, 15) is 0 Å². The molecule has 1 saturated heterocycles. The lowest BCUT2D eigenvalue weighted by Crippen LogP contribution is -2.21. The first kappa shape index (κ1) is 10.4. The van der Waals surface area contributed by atoms with Crippen LogP contribution in [-0.2, 0) is 14.2 Å². The molecule has 0 aliphatic carbocycles. The zero-order chi connectivity index (χ0) is 10.5. The molecule has 1 aliphatic heterocycles. The molecule has 2 unspecified atom stereocenters. The molecule has 4 nitrogen and oxygen atoms in total. The topological polar surface area (TPSA) is 36.9 Å². The van der Waals surface area contributed by atoms with Crippen molar-refractivity contribution in [2.24, 2.45) is 0 Å². The van der Waals surface area contributed by atoms with E-state index in [1.165, 1.54) is 0 Å². The molecule has 1 aromatic carbocycles. The Kier molecular flexibility index (Phi) is 3.55. The van der Waals surface area contributed by atoms with Gasteiger partial charge < -0.3 is 18.9 Å². The van der Waals surface area contributed by atoms with Crippen LogP contribution in [0.4, 0.5) is 0 Å². The molecular formula is C11H14O4. The maximum absolute atomic E-state index is 5.52. The smallest absolute Gasteiger partial charge is 0.271 e. The number of rotatable bonds is 4. The lowest BCUT2D eigenvalue weighted by atomic mass is 10.3. The number of methoxy groups -OCH3 is 1. The van der Waals surface area contributed by atoms with Gasteiger partial charge in [0.2, 0.25) is 0 Å². The van der Waals surface area contributed by atoms with E-state index in [1.807, 2.05) is 30.3 Å². The molecule has 2 atom stereocenters. The quantitative estimate of drug-likeness (QED) is 0.753. The third kappa shape index (κ3) is 2.92. The van der Waals surface area contributed by atoms with Crippen LogP contribution in [0.2, 0.25) is 0 Å². The number of hydrogen-bond acceptors (Lipinski definition) is 4. The van der Waals surface area contributed by atoms with Gasteiger partial charge in [-0.25, -0.2) is 0 Å². The third-order valence-corrected chi connectivity index (χ3v) is 2.09. The summed E-state index contributed by atoms with van der Waals surface area (Å²) in [7, 11) is 1.55. The SMILES string of the molecule is COC1OCC(COc2ccccc2)O1. The number of benzene rings is 1. The Morgan fingerprint density at radius 1 is 1.33 bits per heavy atom. The summed E-state index contributed by atoms with van der Waals surface area (Å²) < 4.78 is 21.0. The largest absolute Gasteiger partial charge is 0.491 e. The van der Waals surface area contributed by atoms with E-state index in [2.05, 4.69) is 0 Å². The molecule has 15 heavy (non-hydrogen) atoms. The van der Waals surface area contributed by atoms with Crippen LogP contribution in [0.15, 0.2) is 30.3 Å². The Balaban J connectivity index is 1.75. The maximum atomic E-state index is 5.52. The van der Waals surface area contributed by atoms with Gasteiger partial charge in [0.1, 0.15) is 18.5 Å². The van der Waals surface area contributed by atoms with Gasteiger partial charge in [-0.3, -0.25) is 0 Å². The summed E-state index contributed by atoms with van der Waals surface area (Å²) >= 11 is 0. The van der Waals surface area contributed by atoms with Crippen LogP contribution >= 0.6 is 0 Å². The molecule has 1 fully saturated rings. The average molecular weight is 210 g/mol. The van der Waals surface area contributed by atoms with Gasteiger partial charge in [-0.1, -0.05) is 18.2 Å². The minimum atomic E-state index is -0.547. The molecule has 0 bridgehead atoms. The standard InChI is InChI=1S/C11H14O4/c1-12-11-14-8-10(15-11)7-13-9-5-3-2-4-6-9/h2-6,10-11H,7-8H2,1H3. The van der Waals surface area contributed by atoms with Crippen molar-refractivity contribution in [3.8, 4) is 5.75 Å². The van der Waals surface area contributed by atoms with Crippen LogP contribution in [-0.4, -0.2) is 32.9 Å². The van der Waals surface area contributed by atoms with E-state index in [0.29, 0.717) is 13.2 Å². The summed E-state index contributed by atoms with van der Waals surface area (Å²) in [6, 6.07) is 9.62. The molecule has 4 heteroatoms. The van der Waals surface area contributed by atoms with Crippen LogP contribution in [0.25, 0.3) is 0 Å². The summed E-state index contributed by atoms with van der Waals surface area (Å²) in [5, 5.41) is 0. The second kappa shape index (κ2) is 5.11. The van der Waals surface area contributed by atoms with E-state index in [0.717, 1.165) is 5.75 Å². The Morgan fingerprint density at radius 3 is 2.80 bits per heavy atom. The van der Waals surface area contributed by atoms with Gasteiger partial charge in [-0.2, -0.15) is 0 Å². The summed E-state index contributed by atoms with van der Waals surface area (Å²) in [5.41, 5.74) is 0. The molecule has 0 amide bonds. The van der Waals surface area contributed by atoms with Crippen molar-refractivity contribution in [3.05, 3.63) is 30.3 Å². The summed E-state index contributed by atoms with van der Waals surface area (Å²) in [4.78, 5) is 0. The van der Waals surface area contributed by atoms with Crippen molar-refractivity contribution >= 4 is 0 Å². The average Bonchev–Trinajstić information content (AvgIpc) is 2.76. The fourth-order valence-electron chi connectivity index (χ4n) is 1.34. The highest BCUT2D eigenvalue weighted by molar-refractivity contribution is 5.20. The van der Waals surface area contributed by atoms with Crippen LogP contribution in [0.3, 0.4) is 0 Å². The highest BCUT2D eigenvalue weighted by Crippen LogP contribution is 2.14. The van der Waals surface area contributed by atoms with E-state index in [-0.39, 0.29) is 6.10 Å². The van der Waals surface area contributed by atoms with Crippen molar-refractivity contribution in [1.29, 1.82) is 0 Å². The highest BCUT2D eigenvalue weighted by Gasteiger charge is 2.26. The van der Waals surface area contributed by atoms with Gasteiger partial charge in [0, 0.05) is 7.11 Å². The van der Waals surface area contributed by atoms with E-state index >= 15 is 0 Å². The predicted octanol–water partition coefficient (Wildman–Crippen LogP) is 1.41. The van der Waals surface area contributed by atoms with Crippen LogP contribution in [0, 0.1) is 0 Å². The maximum Gasteiger partial charge on any atom is 0.271 e. The van der Waals surface area contributed by atoms with Gasteiger partial charge in [0.25, 0.3) is 6.48 Å². The fraction of sp³-hybridized carbons (Fsp3) is 0.455. The van der Waals surface area contributed by atoms with Crippen molar-refractivity contribution in [2.75, 3.05) is 20.3 Å².